The fraction of sp³-hybridized carbons (Fsp3) is 0.143. The summed E-state index contributed by atoms with van der Waals surface area (Å²) in [4.78, 5) is 3.97. The summed E-state index contributed by atoms with van der Waals surface area (Å²) in [5, 5.41) is 9.11. The van der Waals surface area contributed by atoms with Gasteiger partial charge in [0.2, 0.25) is 0 Å². The highest BCUT2D eigenvalue weighted by atomic mass is 19.2. The van der Waals surface area contributed by atoms with Gasteiger partial charge in [-0.15, -0.1) is 0 Å². The van der Waals surface area contributed by atoms with Crippen molar-refractivity contribution in [2.45, 2.75) is 0 Å². The van der Waals surface area contributed by atoms with E-state index in [9.17, 15) is 8.78 Å². The van der Waals surface area contributed by atoms with Gasteiger partial charge in [-0.3, -0.25) is 4.99 Å². The summed E-state index contributed by atoms with van der Waals surface area (Å²) in [5.74, 6) is 3.54. The van der Waals surface area contributed by atoms with Gasteiger partial charge >= 0.3 is 0 Å². The van der Waals surface area contributed by atoms with Crippen LogP contribution in [0.15, 0.2) is 35.3 Å². The molecule has 2 nitrogen and oxygen atoms in total. The highest BCUT2D eigenvalue weighted by molar-refractivity contribution is 5.73. The second kappa shape index (κ2) is 4.81. The Morgan fingerprint density at radius 2 is 2.11 bits per heavy atom. The number of hydrogen-bond acceptors (Lipinski definition) is 2. The van der Waals surface area contributed by atoms with Gasteiger partial charge in [-0.1, -0.05) is 11.8 Å². The molecular formula is C14H8F2N2. The maximum absolute atomic E-state index is 13.0. The number of nitriles is 1. The molecule has 0 spiro atoms. The average Bonchev–Trinajstić information content (AvgIpc) is 2.41. The van der Waals surface area contributed by atoms with Crippen LogP contribution in [0, 0.1) is 40.2 Å². The lowest BCUT2D eigenvalue weighted by Gasteiger charge is -2.14. The normalized spacial score (nSPS) is 20.9. The first-order valence-corrected chi connectivity index (χ1v) is 5.22. The fourth-order valence-electron chi connectivity index (χ4n) is 1.46. The Bertz CT molecular complexity index is 629. The lowest BCUT2D eigenvalue weighted by Crippen LogP contribution is -2.19. The van der Waals surface area contributed by atoms with Crippen LogP contribution < -0.4 is 0 Å². The van der Waals surface area contributed by atoms with Crippen molar-refractivity contribution in [1.29, 1.82) is 5.26 Å². The summed E-state index contributed by atoms with van der Waals surface area (Å²) in [6.45, 7) is 0.247. The number of hydrogen-bond donors (Lipinski definition) is 0. The molecule has 0 bridgehead atoms. The predicted molar refractivity (Wildman–Crippen MR) is 63.8 cm³/mol. The lowest BCUT2D eigenvalue weighted by molar-refractivity contribution is 0.508. The maximum atomic E-state index is 13.0. The highest BCUT2D eigenvalue weighted by Gasteiger charge is 2.24. The first-order chi connectivity index (χ1) is 8.65. The second-order valence-electron chi connectivity index (χ2n) is 3.81. The summed E-state index contributed by atoms with van der Waals surface area (Å²) in [6.07, 6.45) is 4.88. The van der Waals surface area contributed by atoms with Crippen LogP contribution in [0.1, 0.15) is 5.56 Å². The van der Waals surface area contributed by atoms with E-state index in [1.807, 2.05) is 0 Å². The molecule has 0 saturated carbocycles. The van der Waals surface area contributed by atoms with Gasteiger partial charge in [0, 0.05) is 11.8 Å². The molecule has 0 amide bonds. The molecule has 0 radical (unpaired) electrons. The Morgan fingerprint density at radius 1 is 1.28 bits per heavy atom. The van der Waals surface area contributed by atoms with E-state index < -0.39 is 17.0 Å². The fourth-order valence-corrected chi connectivity index (χ4v) is 1.46. The van der Waals surface area contributed by atoms with E-state index >= 15 is 0 Å². The predicted octanol–water partition coefficient (Wildman–Crippen LogP) is 2.47. The molecular weight excluding hydrogens is 234 g/mol. The molecule has 1 unspecified atom stereocenters. The minimum Gasteiger partial charge on any atom is -0.290 e. The summed E-state index contributed by atoms with van der Waals surface area (Å²) >= 11 is 0. The molecule has 1 aliphatic rings. The molecule has 88 valence electrons. The molecule has 1 aromatic carbocycles. The van der Waals surface area contributed by atoms with Gasteiger partial charge in [0.1, 0.15) is 0 Å². The van der Waals surface area contributed by atoms with Crippen molar-refractivity contribution in [3.63, 3.8) is 0 Å². The van der Waals surface area contributed by atoms with E-state index in [4.69, 9.17) is 5.26 Å². The van der Waals surface area contributed by atoms with Gasteiger partial charge in [-0.25, -0.2) is 8.78 Å². The van der Waals surface area contributed by atoms with Gasteiger partial charge in [0.15, 0.2) is 17.0 Å². The Kier molecular flexibility index (Phi) is 3.21. The molecule has 1 aromatic rings. The zero-order valence-electron chi connectivity index (χ0n) is 9.32. The Balaban J connectivity index is 2.31. The van der Waals surface area contributed by atoms with Gasteiger partial charge in [-0.2, -0.15) is 5.26 Å². The molecule has 1 heterocycles. The Morgan fingerprint density at radius 3 is 2.72 bits per heavy atom. The molecule has 0 fully saturated rings. The molecule has 0 aromatic heterocycles. The van der Waals surface area contributed by atoms with Crippen LogP contribution >= 0.6 is 0 Å². The van der Waals surface area contributed by atoms with Crippen LogP contribution in [0.25, 0.3) is 0 Å². The first-order valence-electron chi connectivity index (χ1n) is 5.22. The standard InChI is InChI=1S/C14H8F2N2/c15-12-3-2-11(8-13(12)16)4-6-14(9-17)5-1-7-18-10-14/h1-3,5,7-8H,10H2. The quantitative estimate of drug-likeness (QED) is 0.644. The van der Waals surface area contributed by atoms with Crippen molar-refractivity contribution in [3.05, 3.63) is 47.5 Å². The van der Waals surface area contributed by atoms with Crippen LogP contribution in [0.4, 0.5) is 8.78 Å². The molecule has 1 atom stereocenters. The monoisotopic (exact) mass is 242 g/mol. The molecule has 18 heavy (non-hydrogen) atoms. The smallest absolute Gasteiger partial charge is 0.160 e. The van der Waals surface area contributed by atoms with Crippen molar-refractivity contribution in [1.82, 2.24) is 0 Å². The topological polar surface area (TPSA) is 36.1 Å². The van der Waals surface area contributed by atoms with Gasteiger partial charge in [-0.05, 0) is 30.4 Å². The molecule has 4 heteroatoms. The Labute approximate surface area is 103 Å². The largest absolute Gasteiger partial charge is 0.290 e. The lowest BCUT2D eigenvalue weighted by atomic mass is 9.89. The Hall–Kier alpha value is -2.46. The van der Waals surface area contributed by atoms with Crippen molar-refractivity contribution in [2.24, 2.45) is 10.4 Å². The summed E-state index contributed by atoms with van der Waals surface area (Å²) in [5.41, 5.74) is -0.661. The number of aliphatic imine (C=N–C) groups is 1. The van der Waals surface area contributed by atoms with E-state index in [-0.39, 0.29) is 6.54 Å². The first kappa shape index (κ1) is 12.0. The van der Waals surface area contributed by atoms with Gasteiger partial charge in [0.05, 0.1) is 12.6 Å². The highest BCUT2D eigenvalue weighted by Crippen LogP contribution is 2.20. The number of nitrogens with zero attached hydrogens (tertiary/aromatic N) is 2. The van der Waals surface area contributed by atoms with Crippen molar-refractivity contribution < 1.29 is 8.78 Å². The zero-order valence-corrected chi connectivity index (χ0v) is 9.32. The van der Waals surface area contributed by atoms with E-state index in [0.29, 0.717) is 5.56 Å². The van der Waals surface area contributed by atoms with Gasteiger partial charge in [0.25, 0.3) is 0 Å². The van der Waals surface area contributed by atoms with Crippen LogP contribution in [-0.2, 0) is 0 Å². The van der Waals surface area contributed by atoms with Crippen LogP contribution in [0.2, 0.25) is 0 Å². The van der Waals surface area contributed by atoms with Crippen LogP contribution in [0.3, 0.4) is 0 Å². The molecule has 2 rings (SSSR count). The number of allylic oxidation sites excluding steroid dienone is 1. The van der Waals surface area contributed by atoms with E-state index in [1.165, 1.54) is 6.07 Å². The SMILES string of the molecule is N#CC1(C#Cc2ccc(F)c(F)c2)C=CC=NC1. The zero-order chi connectivity index (χ0) is 13.0. The van der Waals surface area contributed by atoms with E-state index in [2.05, 4.69) is 22.9 Å². The minimum absolute atomic E-state index is 0.247. The molecule has 0 saturated heterocycles. The third-order valence-electron chi connectivity index (χ3n) is 2.46. The van der Waals surface area contributed by atoms with Crippen LogP contribution in [-0.4, -0.2) is 12.8 Å². The summed E-state index contributed by atoms with van der Waals surface area (Å²) in [7, 11) is 0. The number of dihydropyridines is 1. The minimum atomic E-state index is -0.986. The van der Waals surface area contributed by atoms with Crippen molar-refractivity contribution in [3.8, 4) is 17.9 Å². The summed E-state index contributed by atoms with van der Waals surface area (Å²) < 4.78 is 25.7. The molecule has 0 aliphatic carbocycles. The summed E-state index contributed by atoms with van der Waals surface area (Å²) in [6, 6.07) is 5.45. The number of benzene rings is 1. The average molecular weight is 242 g/mol. The number of rotatable bonds is 0. The van der Waals surface area contributed by atoms with Crippen molar-refractivity contribution in [2.75, 3.05) is 6.54 Å². The molecule has 0 N–H and O–H groups in total. The van der Waals surface area contributed by atoms with E-state index in [1.54, 1.807) is 18.4 Å². The van der Waals surface area contributed by atoms with E-state index in [0.717, 1.165) is 12.1 Å². The van der Waals surface area contributed by atoms with Crippen LogP contribution in [0.5, 0.6) is 0 Å². The second-order valence-corrected chi connectivity index (χ2v) is 3.81. The van der Waals surface area contributed by atoms with Crippen molar-refractivity contribution >= 4 is 6.21 Å². The molecule has 1 aliphatic heterocycles. The third-order valence-corrected chi connectivity index (χ3v) is 2.46. The van der Waals surface area contributed by atoms with Gasteiger partial charge < -0.3 is 0 Å². The third kappa shape index (κ3) is 2.44. The maximum Gasteiger partial charge on any atom is 0.160 e. The number of halogens is 2.